The summed E-state index contributed by atoms with van der Waals surface area (Å²) in [7, 11) is -0.740. The molecule has 1 aromatic heterocycles. The van der Waals surface area contributed by atoms with E-state index in [1.54, 1.807) is 13.0 Å². The van der Waals surface area contributed by atoms with Crippen molar-refractivity contribution in [3.63, 3.8) is 0 Å². The lowest BCUT2D eigenvalue weighted by Gasteiger charge is -2.22. The normalized spacial score (nSPS) is 19.0. The molecule has 0 bridgehead atoms. The first kappa shape index (κ1) is 22.9. The van der Waals surface area contributed by atoms with E-state index in [9.17, 15) is 22.4 Å². The van der Waals surface area contributed by atoms with E-state index in [2.05, 4.69) is 10.3 Å². The van der Waals surface area contributed by atoms with Crippen LogP contribution in [0.25, 0.3) is 11.0 Å². The van der Waals surface area contributed by atoms with E-state index in [1.807, 2.05) is 11.5 Å². The Morgan fingerprint density at radius 1 is 1.12 bits per heavy atom. The van der Waals surface area contributed by atoms with Gasteiger partial charge < -0.3 is 9.88 Å². The second kappa shape index (κ2) is 7.92. The molecule has 0 aliphatic carbocycles. The molecule has 9 nitrogen and oxygen atoms in total. The summed E-state index contributed by atoms with van der Waals surface area (Å²) in [5, 5.41) is 2.69. The average Bonchev–Trinajstić information content (AvgIpc) is 3.23. The van der Waals surface area contributed by atoms with Crippen molar-refractivity contribution in [3.05, 3.63) is 59.7 Å². The molecule has 0 saturated carbocycles. The van der Waals surface area contributed by atoms with E-state index < -0.39 is 33.3 Å². The van der Waals surface area contributed by atoms with Crippen LogP contribution >= 0.6 is 0 Å². The van der Waals surface area contributed by atoms with Gasteiger partial charge in [0, 0.05) is 20.6 Å². The molecule has 0 radical (unpaired) electrons. The number of nitrogens with zero attached hydrogens (tertiary/aromatic N) is 4. The van der Waals surface area contributed by atoms with E-state index in [-0.39, 0.29) is 11.4 Å². The number of hydrogen-bond acceptors (Lipinski definition) is 5. The predicted molar refractivity (Wildman–Crippen MR) is 119 cm³/mol. The maximum atomic E-state index is 13.3. The fourth-order valence-electron chi connectivity index (χ4n) is 3.97. The van der Waals surface area contributed by atoms with Gasteiger partial charge in [-0.05, 0) is 49.7 Å². The minimum atomic E-state index is -3.64. The maximum Gasteiger partial charge on any atom is 0.325 e. The molecule has 1 aliphatic heterocycles. The minimum Gasteiger partial charge on any atom is -0.327 e. The van der Waals surface area contributed by atoms with Crippen LogP contribution in [0.2, 0.25) is 0 Å². The fourth-order valence-corrected chi connectivity index (χ4v) is 4.89. The van der Waals surface area contributed by atoms with Crippen molar-refractivity contribution >= 4 is 33.0 Å². The number of halogens is 1. The maximum absolute atomic E-state index is 13.3. The van der Waals surface area contributed by atoms with E-state index in [0.717, 1.165) is 9.21 Å². The van der Waals surface area contributed by atoms with Crippen LogP contribution in [0.15, 0.2) is 47.4 Å². The van der Waals surface area contributed by atoms with Gasteiger partial charge in [-0.2, -0.15) is 0 Å². The van der Waals surface area contributed by atoms with Gasteiger partial charge in [-0.1, -0.05) is 12.1 Å². The number of hydrogen-bond donors (Lipinski definition) is 1. The summed E-state index contributed by atoms with van der Waals surface area (Å²) in [6.07, 6.45) is 0. The topological polar surface area (TPSA) is 105 Å². The van der Waals surface area contributed by atoms with Gasteiger partial charge in [0.15, 0.2) is 0 Å². The number of amides is 3. The fraction of sp³-hybridized carbons (Fsp3) is 0.318. The Hall–Kier alpha value is -3.31. The van der Waals surface area contributed by atoms with E-state index in [4.69, 9.17) is 0 Å². The SMILES string of the molecule is CCn1c(CN2C(=O)N[C@](C)(c3ccc(F)cc3)C2=O)nc2cc(S(=O)(=O)N(C)C)ccc21. The Kier molecular flexibility index (Phi) is 5.49. The predicted octanol–water partition coefficient (Wildman–Crippen LogP) is 2.41. The van der Waals surface area contributed by atoms with E-state index >= 15 is 0 Å². The third-order valence-corrected chi connectivity index (χ3v) is 7.70. The molecule has 3 aromatic rings. The summed E-state index contributed by atoms with van der Waals surface area (Å²) in [5.74, 6) is -0.480. The van der Waals surface area contributed by atoms with Crippen LogP contribution in [0, 0.1) is 5.82 Å². The van der Waals surface area contributed by atoms with Crippen molar-refractivity contribution in [3.8, 4) is 0 Å². The Morgan fingerprint density at radius 2 is 1.79 bits per heavy atom. The summed E-state index contributed by atoms with van der Waals surface area (Å²) >= 11 is 0. The monoisotopic (exact) mass is 473 g/mol. The van der Waals surface area contributed by atoms with Gasteiger partial charge in [0.25, 0.3) is 5.91 Å². The second-order valence-electron chi connectivity index (χ2n) is 8.16. The highest BCUT2D eigenvalue weighted by atomic mass is 32.2. The molecule has 1 N–H and O–H groups in total. The number of imidazole rings is 1. The standard InChI is InChI=1S/C22H24FN5O4S/c1-5-27-18-11-10-16(33(31,32)26(3)4)12-17(18)24-19(27)13-28-20(29)22(2,25-21(28)30)14-6-8-15(23)9-7-14/h6-12H,5,13H2,1-4H3,(H,25,30)/t22-/m1/s1. The Labute approximate surface area is 190 Å². The Bertz CT molecular complexity index is 1370. The Balaban J connectivity index is 1.70. The highest BCUT2D eigenvalue weighted by molar-refractivity contribution is 7.89. The zero-order chi connectivity index (χ0) is 24.1. The summed E-state index contributed by atoms with van der Waals surface area (Å²) < 4.78 is 41.3. The van der Waals surface area contributed by atoms with Crippen LogP contribution in [0.5, 0.6) is 0 Å². The zero-order valence-electron chi connectivity index (χ0n) is 18.7. The molecule has 1 fully saturated rings. The van der Waals surface area contributed by atoms with Gasteiger partial charge in [0.1, 0.15) is 17.2 Å². The molecule has 0 unspecified atom stereocenters. The number of aromatic nitrogens is 2. The van der Waals surface area contributed by atoms with Gasteiger partial charge in [-0.3, -0.25) is 9.69 Å². The van der Waals surface area contributed by atoms with Crippen molar-refractivity contribution in [1.29, 1.82) is 0 Å². The number of carbonyl (C=O) groups is 2. The lowest BCUT2D eigenvalue weighted by Crippen LogP contribution is -2.40. The molecular weight excluding hydrogens is 449 g/mol. The van der Waals surface area contributed by atoms with Crippen LogP contribution in [0.3, 0.4) is 0 Å². The van der Waals surface area contributed by atoms with E-state index in [0.29, 0.717) is 29.0 Å². The van der Waals surface area contributed by atoms with Crippen LogP contribution in [-0.2, 0) is 33.4 Å². The number of sulfonamides is 1. The summed E-state index contributed by atoms with van der Waals surface area (Å²) in [6, 6.07) is 9.47. The molecule has 1 aliphatic rings. The molecule has 4 rings (SSSR count). The zero-order valence-corrected chi connectivity index (χ0v) is 19.5. The summed E-state index contributed by atoms with van der Waals surface area (Å²) in [6.45, 7) is 3.87. The number of nitrogens with one attached hydrogen (secondary N) is 1. The number of benzene rings is 2. The Morgan fingerprint density at radius 3 is 2.39 bits per heavy atom. The first-order valence-corrected chi connectivity index (χ1v) is 11.7. The van der Waals surface area contributed by atoms with Gasteiger partial charge in [0.2, 0.25) is 10.0 Å². The largest absolute Gasteiger partial charge is 0.327 e. The quantitative estimate of drug-likeness (QED) is 0.554. The van der Waals surface area contributed by atoms with Crippen LogP contribution < -0.4 is 5.32 Å². The van der Waals surface area contributed by atoms with Crippen LogP contribution in [0.1, 0.15) is 25.2 Å². The van der Waals surface area contributed by atoms with Crippen molar-refractivity contribution < 1.29 is 22.4 Å². The molecule has 11 heteroatoms. The van der Waals surface area contributed by atoms with Gasteiger partial charge in [0.05, 0.1) is 22.5 Å². The first-order valence-electron chi connectivity index (χ1n) is 10.3. The lowest BCUT2D eigenvalue weighted by atomic mass is 9.92. The van der Waals surface area contributed by atoms with Crippen molar-refractivity contribution in [2.24, 2.45) is 0 Å². The second-order valence-corrected chi connectivity index (χ2v) is 10.3. The summed E-state index contributed by atoms with van der Waals surface area (Å²) in [5.41, 5.74) is 0.273. The average molecular weight is 474 g/mol. The number of aryl methyl sites for hydroxylation is 1. The molecule has 2 aromatic carbocycles. The van der Waals surface area contributed by atoms with Gasteiger partial charge in [-0.15, -0.1) is 0 Å². The van der Waals surface area contributed by atoms with Crippen LogP contribution in [0.4, 0.5) is 9.18 Å². The lowest BCUT2D eigenvalue weighted by molar-refractivity contribution is -0.131. The molecule has 1 saturated heterocycles. The minimum absolute atomic E-state index is 0.0975. The summed E-state index contributed by atoms with van der Waals surface area (Å²) in [4.78, 5) is 31.7. The third kappa shape index (κ3) is 3.66. The number of fused-ring (bicyclic) bond motifs is 1. The smallest absolute Gasteiger partial charge is 0.325 e. The van der Waals surface area contributed by atoms with Crippen molar-refractivity contribution in [1.82, 2.24) is 24.1 Å². The highest BCUT2D eigenvalue weighted by Crippen LogP contribution is 2.30. The third-order valence-electron chi connectivity index (χ3n) is 5.89. The number of rotatable bonds is 6. The molecule has 174 valence electrons. The van der Waals surface area contributed by atoms with E-state index in [1.165, 1.54) is 50.5 Å². The van der Waals surface area contributed by atoms with Gasteiger partial charge >= 0.3 is 6.03 Å². The van der Waals surface area contributed by atoms with Gasteiger partial charge in [-0.25, -0.2) is 26.9 Å². The number of urea groups is 1. The highest BCUT2D eigenvalue weighted by Gasteiger charge is 2.49. The number of imide groups is 1. The van der Waals surface area contributed by atoms with Crippen molar-refractivity contribution in [2.45, 2.75) is 37.4 Å². The molecule has 3 amide bonds. The molecule has 1 atom stereocenters. The molecule has 0 spiro atoms. The first-order chi connectivity index (χ1) is 15.5. The van der Waals surface area contributed by atoms with Crippen molar-refractivity contribution in [2.75, 3.05) is 14.1 Å². The molecule has 2 heterocycles. The van der Waals surface area contributed by atoms with Crippen LogP contribution in [-0.4, -0.2) is 53.2 Å². The molecular formula is C22H24FN5O4S. The number of carbonyl (C=O) groups excluding carboxylic acids is 2. The molecule has 33 heavy (non-hydrogen) atoms.